The number of hydrogen-bond acceptors (Lipinski definition) is 2. The van der Waals surface area contributed by atoms with Gasteiger partial charge in [0.25, 0.3) is 0 Å². The molecule has 2 atom stereocenters. The van der Waals surface area contributed by atoms with E-state index in [1.807, 2.05) is 52.2 Å². The standard InChI is InChI=1S/C20H26N2O2/c1-16(2)14-18(21-10-6-7-11-21)20(23)22-12-13-24-19(15-22)17-8-4-3-5-9-17/h3-11,16,18-19H,12-15H2,1-2H3/t18-,19-/m0/s1. The Balaban J connectivity index is 1.74. The minimum Gasteiger partial charge on any atom is -0.370 e. The van der Waals surface area contributed by atoms with Gasteiger partial charge in [0.05, 0.1) is 13.2 Å². The van der Waals surface area contributed by atoms with Crippen molar-refractivity contribution in [3.8, 4) is 0 Å². The molecule has 0 unspecified atom stereocenters. The first-order valence-corrected chi connectivity index (χ1v) is 8.73. The van der Waals surface area contributed by atoms with Crippen molar-refractivity contribution in [2.75, 3.05) is 19.7 Å². The second-order valence-corrected chi connectivity index (χ2v) is 6.83. The van der Waals surface area contributed by atoms with E-state index >= 15 is 0 Å². The maximum atomic E-state index is 13.2. The molecule has 2 heterocycles. The molecule has 128 valence electrons. The van der Waals surface area contributed by atoms with Gasteiger partial charge in [-0.25, -0.2) is 0 Å². The molecule has 0 aliphatic carbocycles. The number of carbonyl (C=O) groups excluding carboxylic acids is 1. The molecule has 1 aliphatic rings. The summed E-state index contributed by atoms with van der Waals surface area (Å²) in [5.41, 5.74) is 1.14. The lowest BCUT2D eigenvalue weighted by atomic mass is 10.0. The number of aromatic nitrogens is 1. The Morgan fingerprint density at radius 3 is 2.54 bits per heavy atom. The van der Waals surface area contributed by atoms with Crippen LogP contribution in [-0.4, -0.2) is 35.1 Å². The minimum absolute atomic E-state index is 0.0340. The van der Waals surface area contributed by atoms with Crippen LogP contribution < -0.4 is 0 Å². The molecular weight excluding hydrogens is 300 g/mol. The van der Waals surface area contributed by atoms with Crippen molar-refractivity contribution in [3.05, 3.63) is 60.4 Å². The van der Waals surface area contributed by atoms with Gasteiger partial charge >= 0.3 is 0 Å². The Bertz CT molecular complexity index is 637. The average Bonchev–Trinajstić information content (AvgIpc) is 3.14. The van der Waals surface area contributed by atoms with Crippen molar-refractivity contribution in [2.24, 2.45) is 5.92 Å². The van der Waals surface area contributed by atoms with E-state index in [2.05, 4.69) is 26.0 Å². The molecule has 4 heteroatoms. The van der Waals surface area contributed by atoms with Crippen molar-refractivity contribution < 1.29 is 9.53 Å². The van der Waals surface area contributed by atoms with Crippen molar-refractivity contribution in [2.45, 2.75) is 32.4 Å². The number of rotatable bonds is 5. The Morgan fingerprint density at radius 1 is 1.17 bits per heavy atom. The average molecular weight is 326 g/mol. The van der Waals surface area contributed by atoms with E-state index in [1.165, 1.54) is 0 Å². The number of nitrogens with zero attached hydrogens (tertiary/aromatic N) is 2. The van der Waals surface area contributed by atoms with Crippen molar-refractivity contribution in [1.82, 2.24) is 9.47 Å². The highest BCUT2D eigenvalue weighted by molar-refractivity contribution is 5.80. The summed E-state index contributed by atoms with van der Waals surface area (Å²) in [5.74, 6) is 0.663. The largest absolute Gasteiger partial charge is 0.370 e. The molecule has 0 N–H and O–H groups in total. The van der Waals surface area contributed by atoms with Crippen molar-refractivity contribution >= 4 is 5.91 Å². The van der Waals surface area contributed by atoms with Crippen LogP contribution in [0.1, 0.15) is 38.0 Å². The molecule has 1 amide bonds. The van der Waals surface area contributed by atoms with Crippen LogP contribution in [0.5, 0.6) is 0 Å². The van der Waals surface area contributed by atoms with E-state index in [0.717, 1.165) is 12.0 Å². The van der Waals surface area contributed by atoms with Gasteiger partial charge < -0.3 is 14.2 Å². The Kier molecular flexibility index (Phi) is 5.36. The van der Waals surface area contributed by atoms with Crippen LogP contribution in [0.25, 0.3) is 0 Å². The lowest BCUT2D eigenvalue weighted by Gasteiger charge is -2.36. The van der Waals surface area contributed by atoms with Crippen LogP contribution in [0, 0.1) is 5.92 Å². The number of ether oxygens (including phenoxy) is 1. The predicted octanol–water partition coefficient (Wildman–Crippen LogP) is 3.68. The quantitative estimate of drug-likeness (QED) is 0.840. The summed E-state index contributed by atoms with van der Waals surface area (Å²) in [6.45, 7) is 6.20. The smallest absolute Gasteiger partial charge is 0.245 e. The first-order valence-electron chi connectivity index (χ1n) is 8.73. The van der Waals surface area contributed by atoms with E-state index in [-0.39, 0.29) is 18.1 Å². The number of morpholine rings is 1. The predicted molar refractivity (Wildman–Crippen MR) is 94.6 cm³/mol. The highest BCUT2D eigenvalue weighted by Crippen LogP contribution is 2.26. The lowest BCUT2D eigenvalue weighted by Crippen LogP contribution is -2.45. The topological polar surface area (TPSA) is 34.5 Å². The Morgan fingerprint density at radius 2 is 1.88 bits per heavy atom. The molecule has 1 fully saturated rings. The Hall–Kier alpha value is -2.07. The summed E-state index contributed by atoms with van der Waals surface area (Å²) < 4.78 is 7.93. The fraction of sp³-hybridized carbons (Fsp3) is 0.450. The third kappa shape index (κ3) is 3.88. The van der Waals surface area contributed by atoms with Crippen molar-refractivity contribution in [3.63, 3.8) is 0 Å². The van der Waals surface area contributed by atoms with E-state index in [0.29, 0.717) is 25.6 Å². The summed E-state index contributed by atoms with van der Waals surface area (Å²) in [6.07, 6.45) is 4.79. The molecule has 24 heavy (non-hydrogen) atoms. The van der Waals surface area contributed by atoms with Crippen LogP contribution >= 0.6 is 0 Å². The molecule has 0 saturated carbocycles. The van der Waals surface area contributed by atoms with Gasteiger partial charge in [-0.3, -0.25) is 4.79 Å². The highest BCUT2D eigenvalue weighted by Gasteiger charge is 2.31. The normalized spacial score (nSPS) is 19.5. The molecule has 2 aromatic rings. The second kappa shape index (κ2) is 7.67. The highest BCUT2D eigenvalue weighted by atomic mass is 16.5. The maximum Gasteiger partial charge on any atom is 0.245 e. The fourth-order valence-corrected chi connectivity index (χ4v) is 3.28. The van der Waals surface area contributed by atoms with Gasteiger partial charge in [-0.1, -0.05) is 44.2 Å². The fourth-order valence-electron chi connectivity index (χ4n) is 3.28. The van der Waals surface area contributed by atoms with E-state index in [4.69, 9.17) is 4.74 Å². The molecule has 1 saturated heterocycles. The van der Waals surface area contributed by atoms with Gasteiger partial charge in [-0.2, -0.15) is 0 Å². The summed E-state index contributed by atoms with van der Waals surface area (Å²) in [6, 6.07) is 14.0. The monoisotopic (exact) mass is 326 g/mol. The zero-order valence-electron chi connectivity index (χ0n) is 14.5. The van der Waals surface area contributed by atoms with E-state index in [9.17, 15) is 4.79 Å². The second-order valence-electron chi connectivity index (χ2n) is 6.83. The van der Waals surface area contributed by atoms with Gasteiger partial charge in [0, 0.05) is 18.9 Å². The van der Waals surface area contributed by atoms with Gasteiger partial charge in [0.2, 0.25) is 5.91 Å². The summed E-state index contributed by atoms with van der Waals surface area (Å²) in [5, 5.41) is 0. The SMILES string of the molecule is CC(C)C[C@@H](C(=O)N1CCO[C@H](c2ccccc2)C1)n1cccc1. The summed E-state index contributed by atoms with van der Waals surface area (Å²) in [7, 11) is 0. The third-order valence-electron chi connectivity index (χ3n) is 4.52. The Labute approximate surface area is 144 Å². The van der Waals surface area contributed by atoms with Gasteiger partial charge in [0.15, 0.2) is 0 Å². The number of benzene rings is 1. The minimum atomic E-state index is -0.130. The molecule has 4 nitrogen and oxygen atoms in total. The van der Waals surface area contributed by atoms with Crippen LogP contribution in [0.4, 0.5) is 0 Å². The molecule has 1 aromatic carbocycles. The molecule has 1 aromatic heterocycles. The molecular formula is C20H26N2O2. The number of amides is 1. The molecule has 0 bridgehead atoms. The van der Waals surface area contributed by atoms with Crippen LogP contribution in [0.15, 0.2) is 54.9 Å². The summed E-state index contributed by atoms with van der Waals surface area (Å²) >= 11 is 0. The first-order chi connectivity index (χ1) is 11.6. The molecule has 0 spiro atoms. The van der Waals surface area contributed by atoms with E-state index < -0.39 is 0 Å². The zero-order valence-corrected chi connectivity index (χ0v) is 14.5. The van der Waals surface area contributed by atoms with Crippen LogP contribution in [0.3, 0.4) is 0 Å². The first kappa shape index (κ1) is 16.8. The van der Waals surface area contributed by atoms with E-state index in [1.54, 1.807) is 0 Å². The maximum absolute atomic E-state index is 13.2. The zero-order chi connectivity index (χ0) is 16.9. The van der Waals surface area contributed by atoms with Crippen LogP contribution in [0.2, 0.25) is 0 Å². The molecule has 3 rings (SSSR count). The van der Waals surface area contributed by atoms with Crippen LogP contribution in [-0.2, 0) is 9.53 Å². The number of hydrogen-bond donors (Lipinski definition) is 0. The van der Waals surface area contributed by atoms with Gasteiger partial charge in [-0.15, -0.1) is 0 Å². The van der Waals surface area contributed by atoms with Gasteiger partial charge in [0.1, 0.15) is 12.1 Å². The lowest BCUT2D eigenvalue weighted by molar-refractivity contribution is -0.143. The third-order valence-corrected chi connectivity index (χ3v) is 4.52. The van der Waals surface area contributed by atoms with Crippen molar-refractivity contribution in [1.29, 1.82) is 0 Å². The number of carbonyl (C=O) groups is 1. The summed E-state index contributed by atoms with van der Waals surface area (Å²) in [4.78, 5) is 15.1. The van der Waals surface area contributed by atoms with Gasteiger partial charge in [-0.05, 0) is 30.0 Å². The molecule has 0 radical (unpaired) electrons. The molecule has 1 aliphatic heterocycles.